The van der Waals surface area contributed by atoms with E-state index in [1.54, 1.807) is 4.90 Å². The first-order chi connectivity index (χ1) is 15.6. The van der Waals surface area contributed by atoms with Gasteiger partial charge in [-0.1, -0.05) is 42.5 Å². The van der Waals surface area contributed by atoms with Gasteiger partial charge in [-0.25, -0.2) is 0 Å². The Kier molecular flexibility index (Phi) is 5.76. The lowest BCUT2D eigenvalue weighted by atomic mass is 9.93. The topological polar surface area (TPSA) is 90.5 Å². The Balaban J connectivity index is 1.21. The summed E-state index contributed by atoms with van der Waals surface area (Å²) in [5.74, 6) is -0.762. The average molecular weight is 433 g/mol. The van der Waals surface area contributed by atoms with Crippen molar-refractivity contribution >= 4 is 17.7 Å². The zero-order valence-electron chi connectivity index (χ0n) is 18.0. The van der Waals surface area contributed by atoms with Crippen LogP contribution in [-0.4, -0.2) is 41.2 Å². The molecule has 0 radical (unpaired) electrons. The maximum atomic E-state index is 13.0. The number of carbonyl (C=O) groups excluding carboxylic acids is 3. The summed E-state index contributed by atoms with van der Waals surface area (Å²) < 4.78 is 0. The van der Waals surface area contributed by atoms with Crippen LogP contribution in [0.2, 0.25) is 0 Å². The molecule has 7 heteroatoms. The van der Waals surface area contributed by atoms with Crippen LogP contribution < -0.4 is 16.0 Å². The molecule has 3 aliphatic rings. The van der Waals surface area contributed by atoms with Gasteiger partial charge in [0, 0.05) is 37.2 Å². The Bertz CT molecular complexity index is 1040. The number of benzene rings is 2. The number of amides is 3. The molecular weight excluding hydrogens is 404 g/mol. The zero-order valence-corrected chi connectivity index (χ0v) is 18.0. The van der Waals surface area contributed by atoms with E-state index in [0.29, 0.717) is 37.2 Å². The molecule has 2 aromatic carbocycles. The number of nitrogens with one attached hydrogen (secondary N) is 3. The van der Waals surface area contributed by atoms with Gasteiger partial charge >= 0.3 is 0 Å². The van der Waals surface area contributed by atoms with Crippen molar-refractivity contribution in [2.45, 2.75) is 56.9 Å². The Morgan fingerprint density at radius 3 is 2.69 bits per heavy atom. The van der Waals surface area contributed by atoms with Gasteiger partial charge in [0.05, 0.1) is 0 Å². The van der Waals surface area contributed by atoms with E-state index < -0.39 is 6.04 Å². The highest BCUT2D eigenvalue weighted by atomic mass is 16.2. The number of hydrogen-bond donors (Lipinski definition) is 3. The number of piperidine rings is 2. The summed E-state index contributed by atoms with van der Waals surface area (Å²) in [5.41, 5.74) is 3.99. The fourth-order valence-corrected chi connectivity index (χ4v) is 5.02. The third-order valence-corrected chi connectivity index (χ3v) is 6.79. The lowest BCUT2D eigenvalue weighted by Gasteiger charge is -2.31. The lowest BCUT2D eigenvalue weighted by molar-refractivity contribution is -0.136. The molecule has 3 heterocycles. The highest BCUT2D eigenvalue weighted by molar-refractivity contribution is 6.05. The smallest absolute Gasteiger partial charge is 0.255 e. The number of imide groups is 1. The fraction of sp³-hybridized carbons (Fsp3) is 0.400. The predicted molar refractivity (Wildman–Crippen MR) is 120 cm³/mol. The second-order valence-electron chi connectivity index (χ2n) is 8.91. The summed E-state index contributed by atoms with van der Waals surface area (Å²) in [6.07, 6.45) is 2.75. The highest BCUT2D eigenvalue weighted by Crippen LogP contribution is 2.28. The van der Waals surface area contributed by atoms with Crippen molar-refractivity contribution in [1.82, 2.24) is 20.9 Å². The van der Waals surface area contributed by atoms with Gasteiger partial charge in [0.15, 0.2) is 0 Å². The average Bonchev–Trinajstić information content (AvgIpc) is 3.14. The summed E-state index contributed by atoms with van der Waals surface area (Å²) in [6, 6.07) is 16.7. The Labute approximate surface area is 187 Å². The maximum Gasteiger partial charge on any atom is 0.255 e. The minimum atomic E-state index is -0.571. The second-order valence-corrected chi connectivity index (χ2v) is 8.91. The van der Waals surface area contributed by atoms with E-state index >= 15 is 0 Å². The molecule has 32 heavy (non-hydrogen) atoms. The molecule has 0 aromatic heterocycles. The number of hydrogen-bond acceptors (Lipinski definition) is 5. The van der Waals surface area contributed by atoms with Gasteiger partial charge < -0.3 is 15.5 Å². The van der Waals surface area contributed by atoms with Crippen LogP contribution in [0.15, 0.2) is 48.5 Å². The monoisotopic (exact) mass is 432 g/mol. The van der Waals surface area contributed by atoms with E-state index in [1.807, 2.05) is 18.2 Å². The van der Waals surface area contributed by atoms with Crippen LogP contribution in [0, 0.1) is 0 Å². The van der Waals surface area contributed by atoms with E-state index in [4.69, 9.17) is 0 Å². The van der Waals surface area contributed by atoms with Crippen LogP contribution in [0.5, 0.6) is 0 Å². The van der Waals surface area contributed by atoms with Crippen molar-refractivity contribution in [3.63, 3.8) is 0 Å². The van der Waals surface area contributed by atoms with Gasteiger partial charge in [0.1, 0.15) is 6.04 Å². The molecule has 0 spiro atoms. The summed E-state index contributed by atoms with van der Waals surface area (Å²) in [4.78, 5) is 38.3. The van der Waals surface area contributed by atoms with Crippen LogP contribution in [0.1, 0.15) is 58.8 Å². The van der Waals surface area contributed by atoms with Crippen molar-refractivity contribution in [1.29, 1.82) is 0 Å². The first-order valence-corrected chi connectivity index (χ1v) is 11.4. The van der Waals surface area contributed by atoms with Crippen molar-refractivity contribution in [2.24, 2.45) is 0 Å². The van der Waals surface area contributed by atoms with Crippen molar-refractivity contribution in [3.05, 3.63) is 70.8 Å². The number of fused-ring (bicyclic) bond motifs is 1. The molecule has 5 rings (SSSR count). The predicted octanol–water partition coefficient (Wildman–Crippen LogP) is 2.03. The molecule has 0 saturated carbocycles. The van der Waals surface area contributed by atoms with E-state index in [-0.39, 0.29) is 24.1 Å². The van der Waals surface area contributed by atoms with E-state index in [1.165, 1.54) is 5.56 Å². The molecular formula is C25H28N4O3. The normalized spacial score (nSPS) is 25.6. The van der Waals surface area contributed by atoms with Gasteiger partial charge in [0.2, 0.25) is 11.8 Å². The quantitative estimate of drug-likeness (QED) is 0.629. The maximum absolute atomic E-state index is 13.0. The molecule has 2 fully saturated rings. The zero-order chi connectivity index (χ0) is 22.1. The van der Waals surface area contributed by atoms with Crippen molar-refractivity contribution in [3.8, 4) is 0 Å². The number of carbonyl (C=O) groups is 3. The molecule has 0 bridgehead atoms. The van der Waals surface area contributed by atoms with Crippen LogP contribution in [0.25, 0.3) is 0 Å². The van der Waals surface area contributed by atoms with Crippen molar-refractivity contribution in [2.75, 3.05) is 6.54 Å². The molecule has 3 N–H and O–H groups in total. The molecule has 7 nitrogen and oxygen atoms in total. The number of rotatable bonds is 5. The molecule has 166 valence electrons. The van der Waals surface area contributed by atoms with Crippen LogP contribution in [-0.2, 0) is 22.7 Å². The third kappa shape index (κ3) is 4.18. The largest absolute Gasteiger partial charge is 0.322 e. The van der Waals surface area contributed by atoms with E-state index in [2.05, 4.69) is 46.3 Å². The highest BCUT2D eigenvalue weighted by Gasteiger charge is 2.39. The summed E-state index contributed by atoms with van der Waals surface area (Å²) in [7, 11) is 0. The molecule has 2 aromatic rings. The van der Waals surface area contributed by atoms with E-state index in [0.717, 1.165) is 30.5 Å². The molecule has 3 aliphatic heterocycles. The Hall–Kier alpha value is -3.03. The van der Waals surface area contributed by atoms with Gasteiger partial charge in [-0.3, -0.25) is 19.7 Å². The fourth-order valence-electron chi connectivity index (χ4n) is 5.02. The third-order valence-electron chi connectivity index (χ3n) is 6.79. The van der Waals surface area contributed by atoms with Crippen LogP contribution in [0.4, 0.5) is 0 Å². The van der Waals surface area contributed by atoms with Gasteiger partial charge in [-0.05, 0) is 48.6 Å². The lowest BCUT2D eigenvalue weighted by Crippen LogP contribution is -2.52. The Morgan fingerprint density at radius 1 is 1.03 bits per heavy atom. The standard InChI is InChI=1S/C25H28N4O3/c30-23-9-8-22(24(31)28-23)29-15-18-7-6-16(12-20(18)25(29)32)14-27-19-10-11-26-21(13-19)17-4-2-1-3-5-17/h1-7,12,19,21-22,26-27H,8-11,13-15H2,(H,28,30,31). The molecule has 3 unspecified atom stereocenters. The SMILES string of the molecule is O=C1CCC(N2Cc3ccc(CNC4CCNC(c5ccccc5)C4)cc3C2=O)C(=O)N1. The molecule has 3 atom stereocenters. The van der Waals surface area contributed by atoms with Crippen LogP contribution in [0.3, 0.4) is 0 Å². The minimum Gasteiger partial charge on any atom is -0.322 e. The van der Waals surface area contributed by atoms with E-state index in [9.17, 15) is 14.4 Å². The van der Waals surface area contributed by atoms with Gasteiger partial charge in [-0.2, -0.15) is 0 Å². The Morgan fingerprint density at radius 2 is 1.88 bits per heavy atom. The molecule has 3 amide bonds. The summed E-state index contributed by atoms with van der Waals surface area (Å²) in [6.45, 7) is 2.09. The van der Waals surface area contributed by atoms with Gasteiger partial charge in [0.25, 0.3) is 5.91 Å². The summed E-state index contributed by atoms with van der Waals surface area (Å²) in [5, 5.41) is 9.62. The van der Waals surface area contributed by atoms with Gasteiger partial charge in [-0.15, -0.1) is 0 Å². The van der Waals surface area contributed by atoms with Crippen molar-refractivity contribution < 1.29 is 14.4 Å². The first kappa shape index (κ1) is 20.8. The molecule has 0 aliphatic carbocycles. The second kappa shape index (κ2) is 8.84. The molecule has 2 saturated heterocycles. The minimum absolute atomic E-state index is 0.123. The van der Waals surface area contributed by atoms with Crippen LogP contribution >= 0.6 is 0 Å². The first-order valence-electron chi connectivity index (χ1n) is 11.4. The summed E-state index contributed by atoms with van der Waals surface area (Å²) >= 11 is 0. The number of nitrogens with zero attached hydrogens (tertiary/aromatic N) is 1.